The minimum absolute atomic E-state index is 0.0188. The first-order valence-electron chi connectivity index (χ1n) is 13.8. The monoisotopic (exact) mass is 572 g/mol. The molecule has 5 fully saturated rings. The molecule has 0 radical (unpaired) electrons. The number of thiol groups is 1. The minimum atomic E-state index is -1.16. The summed E-state index contributed by atoms with van der Waals surface area (Å²) in [5.74, 6) is -2.93. The van der Waals surface area contributed by atoms with Gasteiger partial charge in [-0.2, -0.15) is 12.6 Å². The number of carbonyl (C=O) groups is 4. The fraction of sp³-hybridized carbons (Fsp3) is 0.846. The number of rotatable bonds is 11. The van der Waals surface area contributed by atoms with Crippen LogP contribution in [0.2, 0.25) is 0 Å². The number of carbonyl (C=O) groups excluding carboxylic acids is 3. The number of carboxylic acids is 1. The van der Waals surface area contributed by atoms with Gasteiger partial charge in [-0.05, 0) is 44.4 Å². The van der Waals surface area contributed by atoms with Crippen LogP contribution in [0.15, 0.2) is 0 Å². The molecule has 9 atom stereocenters. The maximum atomic E-state index is 12.7. The molecule has 13 heteroatoms. The van der Waals surface area contributed by atoms with E-state index in [9.17, 15) is 19.2 Å². The summed E-state index contributed by atoms with van der Waals surface area (Å²) in [6, 6.07) is -1.06. The van der Waals surface area contributed by atoms with Crippen molar-refractivity contribution in [1.82, 2.24) is 10.6 Å². The largest absolute Gasteiger partial charge is 0.480 e. The van der Waals surface area contributed by atoms with Gasteiger partial charge in [0.1, 0.15) is 6.04 Å². The molecule has 5 aliphatic rings. The lowest BCUT2D eigenvalue weighted by Crippen LogP contribution is -2.70. The second-order valence-corrected chi connectivity index (χ2v) is 11.7. The molecule has 1 aliphatic carbocycles. The molecule has 4 saturated heterocycles. The molecular formula is C26H40N2O10S. The van der Waals surface area contributed by atoms with Crippen LogP contribution >= 0.6 is 12.6 Å². The first-order valence-corrected chi connectivity index (χ1v) is 14.4. The van der Waals surface area contributed by atoms with E-state index in [1.807, 2.05) is 13.8 Å². The summed E-state index contributed by atoms with van der Waals surface area (Å²) >= 11 is 3.89. The molecule has 2 bridgehead atoms. The van der Waals surface area contributed by atoms with Crippen molar-refractivity contribution in [3.05, 3.63) is 0 Å². The van der Waals surface area contributed by atoms with Crippen LogP contribution in [0.3, 0.4) is 0 Å². The number of ether oxygens (including phenoxy) is 3. The third-order valence-corrected chi connectivity index (χ3v) is 8.98. The van der Waals surface area contributed by atoms with Crippen LogP contribution in [0.5, 0.6) is 0 Å². The summed E-state index contributed by atoms with van der Waals surface area (Å²) in [6.07, 6.45) is 2.13. The zero-order valence-electron chi connectivity index (χ0n) is 22.7. The molecule has 1 spiro atoms. The van der Waals surface area contributed by atoms with Crippen LogP contribution in [0, 0.1) is 23.7 Å². The highest BCUT2D eigenvalue weighted by molar-refractivity contribution is 7.80. The highest BCUT2D eigenvalue weighted by Crippen LogP contribution is 2.60. The minimum Gasteiger partial charge on any atom is -0.480 e. The number of aliphatic carboxylic acids is 1. The van der Waals surface area contributed by atoms with Crippen molar-refractivity contribution in [2.45, 2.75) is 102 Å². The highest BCUT2D eigenvalue weighted by atomic mass is 32.1. The number of hydrogen-bond donors (Lipinski definition) is 4. The molecule has 5 rings (SSSR count). The number of amides is 2. The van der Waals surface area contributed by atoms with Gasteiger partial charge in [0.15, 0.2) is 11.9 Å². The van der Waals surface area contributed by atoms with E-state index in [2.05, 4.69) is 30.2 Å². The van der Waals surface area contributed by atoms with Gasteiger partial charge in [-0.15, -0.1) is 0 Å². The number of esters is 1. The smallest absolute Gasteiger partial charge is 0.327 e. The van der Waals surface area contributed by atoms with Gasteiger partial charge in [0, 0.05) is 43.4 Å². The Kier molecular flexibility index (Phi) is 9.47. The molecule has 39 heavy (non-hydrogen) atoms. The number of hydrogen-bond acceptors (Lipinski definition) is 10. The van der Waals surface area contributed by atoms with E-state index in [4.69, 9.17) is 29.1 Å². The average molecular weight is 573 g/mol. The van der Waals surface area contributed by atoms with E-state index >= 15 is 0 Å². The predicted molar refractivity (Wildman–Crippen MR) is 138 cm³/mol. The van der Waals surface area contributed by atoms with Crippen molar-refractivity contribution in [2.75, 3.05) is 12.3 Å². The summed E-state index contributed by atoms with van der Waals surface area (Å²) in [5, 5.41) is 14.0. The van der Waals surface area contributed by atoms with Crippen molar-refractivity contribution in [3.63, 3.8) is 0 Å². The van der Waals surface area contributed by atoms with E-state index in [-0.39, 0.29) is 55.2 Å². The van der Waals surface area contributed by atoms with Gasteiger partial charge in [-0.1, -0.05) is 13.8 Å². The second-order valence-electron chi connectivity index (χ2n) is 11.4. The van der Waals surface area contributed by atoms with Crippen molar-refractivity contribution in [3.8, 4) is 0 Å². The highest BCUT2D eigenvalue weighted by Gasteiger charge is 2.69. The summed E-state index contributed by atoms with van der Waals surface area (Å²) in [5.41, 5.74) is -0.742. The molecule has 0 aromatic heterocycles. The third kappa shape index (κ3) is 6.37. The summed E-state index contributed by atoms with van der Waals surface area (Å²) < 4.78 is 18.2. The van der Waals surface area contributed by atoms with Crippen LogP contribution in [0.4, 0.5) is 0 Å². The first-order chi connectivity index (χ1) is 18.5. The normalized spacial score (nSPS) is 37.6. The van der Waals surface area contributed by atoms with Crippen molar-refractivity contribution >= 4 is 36.4 Å². The first kappa shape index (κ1) is 30.0. The Labute approximate surface area is 233 Å². The Morgan fingerprint density at radius 1 is 1.05 bits per heavy atom. The third-order valence-electron chi connectivity index (χ3n) is 8.62. The lowest BCUT2D eigenvalue weighted by molar-refractivity contribution is -0.576. The molecule has 1 saturated carbocycles. The summed E-state index contributed by atoms with van der Waals surface area (Å²) in [6.45, 7) is 6.26. The molecular weight excluding hydrogens is 532 g/mol. The maximum absolute atomic E-state index is 12.7. The van der Waals surface area contributed by atoms with E-state index < -0.39 is 47.9 Å². The van der Waals surface area contributed by atoms with Gasteiger partial charge in [-0.3, -0.25) is 14.4 Å². The molecule has 12 nitrogen and oxygen atoms in total. The van der Waals surface area contributed by atoms with Gasteiger partial charge >= 0.3 is 11.9 Å². The quantitative estimate of drug-likeness (QED) is 0.125. The SMILES string of the molecule is C[C@@H]1[C@@H](OC(=O)CCC(=O)NCCCC(=O)N[C@@H](CS)C(=O)O)O[C@H]2O[C@@]3(C)CC[C@H]4[C@H](C)CC[C@H]1[C@]24OO3. The van der Waals surface area contributed by atoms with Crippen LogP contribution in [-0.4, -0.2) is 71.2 Å². The van der Waals surface area contributed by atoms with Gasteiger partial charge in [0.25, 0.3) is 0 Å². The second kappa shape index (κ2) is 12.3. The van der Waals surface area contributed by atoms with Gasteiger partial charge < -0.3 is 30.0 Å². The Morgan fingerprint density at radius 3 is 2.54 bits per heavy atom. The van der Waals surface area contributed by atoms with Crippen molar-refractivity contribution in [1.29, 1.82) is 0 Å². The predicted octanol–water partition coefficient (Wildman–Crippen LogP) is 1.91. The Bertz CT molecular complexity index is 952. The molecule has 2 amide bonds. The zero-order chi connectivity index (χ0) is 28.4. The van der Waals surface area contributed by atoms with Gasteiger partial charge in [0.2, 0.25) is 23.9 Å². The van der Waals surface area contributed by atoms with E-state index in [0.717, 1.165) is 19.3 Å². The molecule has 4 aliphatic heterocycles. The Hall–Kier alpha value is -1.93. The molecule has 4 heterocycles. The van der Waals surface area contributed by atoms with Crippen LogP contribution in [0.1, 0.15) is 72.1 Å². The van der Waals surface area contributed by atoms with Crippen molar-refractivity contribution < 1.29 is 48.3 Å². The number of fused-ring (bicyclic) bond motifs is 2. The van der Waals surface area contributed by atoms with Crippen molar-refractivity contribution in [2.24, 2.45) is 23.7 Å². The van der Waals surface area contributed by atoms with Crippen LogP contribution in [-0.2, 0) is 43.2 Å². The topological polar surface area (TPSA) is 159 Å². The number of nitrogens with one attached hydrogen (secondary N) is 2. The summed E-state index contributed by atoms with van der Waals surface area (Å²) in [7, 11) is 0. The Morgan fingerprint density at radius 2 is 1.82 bits per heavy atom. The lowest BCUT2D eigenvalue weighted by Gasteiger charge is -2.59. The van der Waals surface area contributed by atoms with Gasteiger partial charge in [0.05, 0.1) is 6.42 Å². The maximum Gasteiger partial charge on any atom is 0.327 e. The zero-order valence-corrected chi connectivity index (χ0v) is 23.6. The standard InChI is InChI=1S/C26H40N2O10S/c1-14-6-7-17-15(2)23(35-24-26(17)16(14)10-11-25(3,36-24)37-38-26)34-21(31)9-8-19(29)27-12-4-5-20(30)28-18(13-39)22(32)33/h14-18,23-24,39H,4-13H2,1-3H3,(H,27,29)(H,28,30)(H,32,33)/t14-,15+,16+,17-,18+,23+,24+,25-,26+/m1/s1. The van der Waals surface area contributed by atoms with Gasteiger partial charge in [-0.25, -0.2) is 14.6 Å². The fourth-order valence-corrected chi connectivity index (χ4v) is 6.68. The molecule has 0 aromatic carbocycles. The Balaban J connectivity index is 1.23. The molecule has 0 aromatic rings. The molecule has 0 unspecified atom stereocenters. The van der Waals surface area contributed by atoms with Crippen LogP contribution in [0.25, 0.3) is 0 Å². The van der Waals surface area contributed by atoms with E-state index in [1.54, 1.807) is 0 Å². The average Bonchev–Trinajstić information content (AvgIpc) is 3.12. The summed E-state index contributed by atoms with van der Waals surface area (Å²) in [4.78, 5) is 59.5. The lowest BCUT2D eigenvalue weighted by atomic mass is 9.58. The van der Waals surface area contributed by atoms with E-state index in [1.165, 1.54) is 0 Å². The molecule has 3 N–H and O–H groups in total. The van der Waals surface area contributed by atoms with E-state index in [0.29, 0.717) is 18.8 Å². The number of carboxylic acid groups (broad SMARTS) is 1. The van der Waals surface area contributed by atoms with Crippen LogP contribution < -0.4 is 10.6 Å². The molecule has 220 valence electrons. The fourth-order valence-electron chi connectivity index (χ4n) is 6.43.